The molecule has 1 aromatic carbocycles. The van der Waals surface area contributed by atoms with Gasteiger partial charge in [-0.15, -0.1) is 0 Å². The number of fused-ring (bicyclic) bond motifs is 2. The van der Waals surface area contributed by atoms with E-state index in [4.69, 9.17) is 4.98 Å². The lowest BCUT2D eigenvalue weighted by molar-refractivity contribution is 0.562. The van der Waals surface area contributed by atoms with E-state index in [0.29, 0.717) is 17.8 Å². The SMILES string of the molecule is C[C@H](Nc1cc(-c2cc(=O)n(C)c(N3CC4CC3CN4)n2)ccn1)c1ccccc1. The number of aromatic nitrogens is 3. The Labute approximate surface area is 175 Å². The molecular formula is C23H26N6O. The molecule has 0 spiro atoms. The zero-order valence-electron chi connectivity index (χ0n) is 17.2. The normalized spacial score (nSPS) is 21.1. The van der Waals surface area contributed by atoms with Crippen LogP contribution in [0, 0.1) is 0 Å². The third kappa shape index (κ3) is 3.45. The molecule has 2 unspecified atom stereocenters. The van der Waals surface area contributed by atoms with Crippen LogP contribution in [0.4, 0.5) is 11.8 Å². The summed E-state index contributed by atoms with van der Waals surface area (Å²) in [5.74, 6) is 1.51. The van der Waals surface area contributed by atoms with Crippen molar-refractivity contribution in [3.05, 3.63) is 70.6 Å². The van der Waals surface area contributed by atoms with Crippen LogP contribution < -0.4 is 21.1 Å². The first-order valence-electron chi connectivity index (χ1n) is 10.4. The van der Waals surface area contributed by atoms with E-state index in [1.54, 1.807) is 23.9 Å². The summed E-state index contributed by atoms with van der Waals surface area (Å²) in [6.07, 6.45) is 2.87. The highest BCUT2D eigenvalue weighted by molar-refractivity contribution is 5.64. The number of nitrogens with zero attached hydrogens (tertiary/aromatic N) is 4. The highest BCUT2D eigenvalue weighted by Crippen LogP contribution is 2.29. The molecule has 3 atom stereocenters. The van der Waals surface area contributed by atoms with Crippen molar-refractivity contribution in [1.29, 1.82) is 0 Å². The fraction of sp³-hybridized carbons (Fsp3) is 0.348. The summed E-state index contributed by atoms with van der Waals surface area (Å²) in [6.45, 7) is 3.95. The van der Waals surface area contributed by atoms with Gasteiger partial charge in [-0.3, -0.25) is 9.36 Å². The van der Waals surface area contributed by atoms with Crippen LogP contribution in [-0.2, 0) is 7.05 Å². The van der Waals surface area contributed by atoms with Crippen molar-refractivity contribution in [2.75, 3.05) is 23.3 Å². The average molecular weight is 403 g/mol. The summed E-state index contributed by atoms with van der Waals surface area (Å²) in [7, 11) is 1.80. The monoisotopic (exact) mass is 402 g/mol. The molecule has 2 aliphatic rings. The van der Waals surface area contributed by atoms with E-state index in [2.05, 4.69) is 39.6 Å². The van der Waals surface area contributed by atoms with Crippen molar-refractivity contribution in [3.8, 4) is 11.3 Å². The largest absolute Gasteiger partial charge is 0.364 e. The molecule has 7 nitrogen and oxygen atoms in total. The molecule has 2 fully saturated rings. The first-order chi connectivity index (χ1) is 14.6. The topological polar surface area (TPSA) is 75.1 Å². The fourth-order valence-corrected chi connectivity index (χ4v) is 4.45. The van der Waals surface area contributed by atoms with E-state index in [-0.39, 0.29) is 11.6 Å². The second kappa shape index (κ2) is 7.57. The van der Waals surface area contributed by atoms with Gasteiger partial charge in [-0.1, -0.05) is 30.3 Å². The van der Waals surface area contributed by atoms with Crippen LogP contribution in [0.1, 0.15) is 24.9 Å². The molecule has 2 saturated heterocycles. The minimum atomic E-state index is -0.0466. The first kappa shape index (κ1) is 18.8. The number of piperazine rings is 1. The summed E-state index contributed by atoms with van der Waals surface area (Å²) in [4.78, 5) is 24.3. The van der Waals surface area contributed by atoms with Gasteiger partial charge in [0.1, 0.15) is 5.82 Å². The van der Waals surface area contributed by atoms with Crippen LogP contribution in [0.15, 0.2) is 59.5 Å². The summed E-state index contributed by atoms with van der Waals surface area (Å²) in [5, 5.41) is 6.95. The number of pyridine rings is 1. The molecule has 0 saturated carbocycles. The molecule has 2 aliphatic heterocycles. The number of hydrogen-bond donors (Lipinski definition) is 2. The number of nitrogens with one attached hydrogen (secondary N) is 2. The van der Waals surface area contributed by atoms with E-state index < -0.39 is 0 Å². The van der Waals surface area contributed by atoms with Gasteiger partial charge in [0.2, 0.25) is 5.95 Å². The lowest BCUT2D eigenvalue weighted by atomic mass is 10.1. The van der Waals surface area contributed by atoms with Crippen LogP contribution in [-0.4, -0.2) is 39.7 Å². The summed E-state index contributed by atoms with van der Waals surface area (Å²) in [5.41, 5.74) is 2.71. The molecule has 2 aromatic heterocycles. The Morgan fingerprint density at radius 3 is 2.77 bits per heavy atom. The molecule has 0 aliphatic carbocycles. The standard InChI is InChI=1S/C23H26N6O/c1-15(16-6-4-3-5-7-16)26-21-10-17(8-9-24-21)20-12-22(30)28(2)23(27-20)29-14-18-11-19(29)13-25-18/h3-10,12,15,18-19,25H,11,13-14H2,1-2H3,(H,24,26)/t15-,18?,19?/m0/s1. The number of benzene rings is 1. The average Bonchev–Trinajstić information content (AvgIpc) is 3.40. The van der Waals surface area contributed by atoms with E-state index in [0.717, 1.165) is 36.8 Å². The lowest BCUT2D eigenvalue weighted by Gasteiger charge is -2.29. The summed E-state index contributed by atoms with van der Waals surface area (Å²) in [6, 6.07) is 16.7. The van der Waals surface area contributed by atoms with E-state index in [1.807, 2.05) is 30.3 Å². The number of hydrogen-bond acceptors (Lipinski definition) is 6. The van der Waals surface area contributed by atoms with Gasteiger partial charge in [0.25, 0.3) is 5.56 Å². The Kier molecular flexibility index (Phi) is 4.75. The van der Waals surface area contributed by atoms with Crippen LogP contribution in [0.5, 0.6) is 0 Å². The summed E-state index contributed by atoms with van der Waals surface area (Å²) >= 11 is 0. The zero-order valence-corrected chi connectivity index (χ0v) is 17.2. The quantitative estimate of drug-likeness (QED) is 0.683. The molecule has 154 valence electrons. The molecule has 7 heteroatoms. The Morgan fingerprint density at radius 2 is 2.03 bits per heavy atom. The smallest absolute Gasteiger partial charge is 0.255 e. The molecule has 0 radical (unpaired) electrons. The maximum Gasteiger partial charge on any atom is 0.255 e. The van der Waals surface area contributed by atoms with Gasteiger partial charge >= 0.3 is 0 Å². The number of anilines is 2. The number of rotatable bonds is 5. The molecule has 3 aromatic rings. The highest BCUT2D eigenvalue weighted by Gasteiger charge is 2.39. The van der Waals surface area contributed by atoms with Crippen LogP contribution >= 0.6 is 0 Å². The van der Waals surface area contributed by atoms with Crippen molar-refractivity contribution in [2.24, 2.45) is 7.05 Å². The Morgan fingerprint density at radius 1 is 1.20 bits per heavy atom. The fourth-order valence-electron chi connectivity index (χ4n) is 4.45. The van der Waals surface area contributed by atoms with E-state index in [9.17, 15) is 4.79 Å². The van der Waals surface area contributed by atoms with Crippen molar-refractivity contribution < 1.29 is 0 Å². The van der Waals surface area contributed by atoms with Gasteiger partial charge in [0, 0.05) is 56.1 Å². The maximum absolute atomic E-state index is 12.7. The Bertz CT molecular complexity index is 1110. The molecule has 30 heavy (non-hydrogen) atoms. The van der Waals surface area contributed by atoms with Gasteiger partial charge in [-0.2, -0.15) is 0 Å². The van der Waals surface area contributed by atoms with Gasteiger partial charge in [-0.25, -0.2) is 9.97 Å². The lowest BCUT2D eigenvalue weighted by Crippen LogP contribution is -2.46. The van der Waals surface area contributed by atoms with Crippen molar-refractivity contribution in [1.82, 2.24) is 19.9 Å². The molecule has 5 rings (SSSR count). The molecule has 2 bridgehead atoms. The zero-order chi connectivity index (χ0) is 20.7. The molecule has 0 amide bonds. The second-order valence-corrected chi connectivity index (χ2v) is 8.19. The summed E-state index contributed by atoms with van der Waals surface area (Å²) < 4.78 is 1.65. The predicted octanol–water partition coefficient (Wildman–Crippen LogP) is 2.57. The van der Waals surface area contributed by atoms with Crippen LogP contribution in [0.2, 0.25) is 0 Å². The van der Waals surface area contributed by atoms with Gasteiger partial charge in [-0.05, 0) is 31.0 Å². The van der Waals surface area contributed by atoms with Crippen molar-refractivity contribution >= 4 is 11.8 Å². The molecular weight excluding hydrogens is 376 g/mol. The van der Waals surface area contributed by atoms with Crippen molar-refractivity contribution in [3.63, 3.8) is 0 Å². The maximum atomic E-state index is 12.7. The molecule has 2 N–H and O–H groups in total. The minimum Gasteiger partial charge on any atom is -0.364 e. The van der Waals surface area contributed by atoms with E-state index in [1.165, 1.54) is 5.56 Å². The second-order valence-electron chi connectivity index (χ2n) is 8.19. The van der Waals surface area contributed by atoms with Gasteiger partial charge < -0.3 is 15.5 Å². The minimum absolute atomic E-state index is 0.0466. The van der Waals surface area contributed by atoms with Crippen molar-refractivity contribution in [2.45, 2.75) is 31.5 Å². The highest BCUT2D eigenvalue weighted by atomic mass is 16.1. The van der Waals surface area contributed by atoms with Gasteiger partial charge in [0.05, 0.1) is 5.69 Å². The molecule has 4 heterocycles. The van der Waals surface area contributed by atoms with E-state index >= 15 is 0 Å². The third-order valence-corrected chi connectivity index (χ3v) is 6.14. The first-order valence-corrected chi connectivity index (χ1v) is 10.4. The Balaban J connectivity index is 1.44. The van der Waals surface area contributed by atoms with Gasteiger partial charge in [0.15, 0.2) is 0 Å². The van der Waals surface area contributed by atoms with Crippen LogP contribution in [0.3, 0.4) is 0 Å². The Hall–Kier alpha value is -3.19. The van der Waals surface area contributed by atoms with Crippen LogP contribution in [0.25, 0.3) is 11.3 Å². The predicted molar refractivity (Wildman–Crippen MR) is 119 cm³/mol. The third-order valence-electron chi connectivity index (χ3n) is 6.14.